The van der Waals surface area contributed by atoms with Gasteiger partial charge in [-0.1, -0.05) is 26.7 Å². The van der Waals surface area contributed by atoms with Crippen LogP contribution in [-0.2, 0) is 0 Å². The molecule has 3 unspecified atom stereocenters. The van der Waals surface area contributed by atoms with Crippen LogP contribution in [0.2, 0.25) is 0 Å². The summed E-state index contributed by atoms with van der Waals surface area (Å²) in [4.78, 5) is 2.81. The van der Waals surface area contributed by atoms with Crippen LogP contribution in [-0.4, -0.2) is 30.1 Å². The average Bonchev–Trinajstić information content (AvgIpc) is 2.89. The zero-order valence-corrected chi connectivity index (χ0v) is 13.7. The molecule has 3 fully saturated rings. The Balaban J connectivity index is 1.68. The highest BCUT2D eigenvalue weighted by Crippen LogP contribution is 2.49. The number of likely N-dealkylation sites (tertiary alicyclic amines) is 1. The number of nitrogens with two attached hydrogens (primary N) is 1. The molecule has 0 amide bonds. The van der Waals surface area contributed by atoms with Crippen molar-refractivity contribution in [1.29, 1.82) is 0 Å². The molecule has 2 aliphatic carbocycles. The largest absolute Gasteiger partial charge is 0.329 e. The fraction of sp³-hybridized carbons (Fsp3) is 1.00. The van der Waals surface area contributed by atoms with E-state index in [0.717, 1.165) is 23.8 Å². The van der Waals surface area contributed by atoms with Gasteiger partial charge in [-0.2, -0.15) is 0 Å². The Hall–Kier alpha value is -0.0800. The lowest BCUT2D eigenvalue weighted by molar-refractivity contribution is -0.0372. The number of nitrogens with zero attached hydrogens (tertiary/aromatic N) is 1. The third kappa shape index (κ3) is 2.43. The van der Waals surface area contributed by atoms with Gasteiger partial charge in [0.2, 0.25) is 0 Å². The molecule has 0 bridgehead atoms. The SMILES string of the molecule is CC1CCC(CN)(N2CCC3(CCCC3)CC2)C(C)C1. The molecule has 3 rings (SSSR count). The van der Waals surface area contributed by atoms with Crippen molar-refractivity contribution in [2.75, 3.05) is 19.6 Å². The molecule has 3 atom stereocenters. The lowest BCUT2D eigenvalue weighted by Crippen LogP contribution is -2.62. The van der Waals surface area contributed by atoms with Gasteiger partial charge in [0.05, 0.1) is 0 Å². The summed E-state index contributed by atoms with van der Waals surface area (Å²) < 4.78 is 0. The first kappa shape index (κ1) is 14.8. The summed E-state index contributed by atoms with van der Waals surface area (Å²) in [7, 11) is 0. The van der Waals surface area contributed by atoms with Crippen LogP contribution in [0.15, 0.2) is 0 Å². The van der Waals surface area contributed by atoms with Crippen molar-refractivity contribution in [3.05, 3.63) is 0 Å². The molecule has 0 aromatic heterocycles. The summed E-state index contributed by atoms with van der Waals surface area (Å²) in [6, 6.07) is 0. The Morgan fingerprint density at radius 2 is 1.65 bits per heavy atom. The third-order valence-corrected chi connectivity index (χ3v) is 7.21. The standard InChI is InChI=1S/C18H34N2/c1-15-5-8-18(14-19,16(2)13-15)20-11-9-17(10-12-20)6-3-4-7-17/h15-16H,3-14,19H2,1-2H3. The van der Waals surface area contributed by atoms with Gasteiger partial charge in [0, 0.05) is 12.1 Å². The van der Waals surface area contributed by atoms with Gasteiger partial charge in [0.25, 0.3) is 0 Å². The van der Waals surface area contributed by atoms with E-state index in [2.05, 4.69) is 18.7 Å². The molecule has 2 saturated carbocycles. The molecule has 1 saturated heterocycles. The van der Waals surface area contributed by atoms with Gasteiger partial charge in [-0.05, 0) is 75.3 Å². The molecule has 0 aromatic carbocycles. The molecule has 0 radical (unpaired) electrons. The Morgan fingerprint density at radius 1 is 1.00 bits per heavy atom. The van der Waals surface area contributed by atoms with Crippen LogP contribution in [0.1, 0.15) is 71.6 Å². The Bertz CT molecular complexity index is 324. The Kier molecular flexibility index (Phi) is 4.16. The van der Waals surface area contributed by atoms with Gasteiger partial charge in [-0.15, -0.1) is 0 Å². The van der Waals surface area contributed by atoms with E-state index in [4.69, 9.17) is 5.73 Å². The van der Waals surface area contributed by atoms with Crippen molar-refractivity contribution in [2.45, 2.75) is 77.2 Å². The summed E-state index contributed by atoms with van der Waals surface area (Å²) in [5.74, 6) is 1.67. The number of hydrogen-bond donors (Lipinski definition) is 1. The van der Waals surface area contributed by atoms with E-state index in [-0.39, 0.29) is 0 Å². The molecule has 2 heteroatoms. The quantitative estimate of drug-likeness (QED) is 0.832. The minimum Gasteiger partial charge on any atom is -0.329 e. The molecule has 20 heavy (non-hydrogen) atoms. The van der Waals surface area contributed by atoms with Gasteiger partial charge < -0.3 is 5.73 Å². The lowest BCUT2D eigenvalue weighted by Gasteiger charge is -2.55. The minimum atomic E-state index is 0.326. The molecule has 0 aromatic rings. The van der Waals surface area contributed by atoms with Crippen molar-refractivity contribution in [2.24, 2.45) is 23.0 Å². The van der Waals surface area contributed by atoms with E-state index in [1.54, 1.807) is 0 Å². The Morgan fingerprint density at radius 3 is 2.20 bits per heavy atom. The van der Waals surface area contributed by atoms with E-state index < -0.39 is 0 Å². The topological polar surface area (TPSA) is 29.3 Å². The molecule has 1 heterocycles. The number of rotatable bonds is 2. The second kappa shape index (κ2) is 5.61. The monoisotopic (exact) mass is 278 g/mol. The van der Waals surface area contributed by atoms with Gasteiger partial charge in [0.1, 0.15) is 0 Å². The zero-order valence-electron chi connectivity index (χ0n) is 13.7. The maximum Gasteiger partial charge on any atom is 0.0357 e. The fourth-order valence-corrected chi connectivity index (χ4v) is 5.64. The first-order valence-corrected chi connectivity index (χ1v) is 9.05. The molecule has 2 nitrogen and oxygen atoms in total. The summed E-state index contributed by atoms with van der Waals surface area (Å²) in [5, 5.41) is 0. The normalized spacial score (nSPS) is 42.1. The van der Waals surface area contributed by atoms with Crippen LogP contribution in [0.4, 0.5) is 0 Å². The second-order valence-electron chi connectivity index (χ2n) is 8.28. The molecule has 1 spiro atoms. The highest BCUT2D eigenvalue weighted by molar-refractivity contribution is 5.02. The van der Waals surface area contributed by atoms with Crippen LogP contribution in [0.5, 0.6) is 0 Å². The van der Waals surface area contributed by atoms with Crippen LogP contribution in [0.25, 0.3) is 0 Å². The smallest absolute Gasteiger partial charge is 0.0357 e. The second-order valence-corrected chi connectivity index (χ2v) is 8.28. The van der Waals surface area contributed by atoms with Crippen molar-refractivity contribution < 1.29 is 0 Å². The average molecular weight is 278 g/mol. The van der Waals surface area contributed by atoms with Crippen molar-refractivity contribution in [3.63, 3.8) is 0 Å². The highest BCUT2D eigenvalue weighted by Gasteiger charge is 2.47. The number of hydrogen-bond acceptors (Lipinski definition) is 2. The minimum absolute atomic E-state index is 0.326. The van der Waals surface area contributed by atoms with E-state index in [9.17, 15) is 0 Å². The Labute approximate surface area is 125 Å². The lowest BCUT2D eigenvalue weighted by atomic mass is 9.67. The third-order valence-electron chi connectivity index (χ3n) is 7.21. The highest BCUT2D eigenvalue weighted by atomic mass is 15.2. The van der Waals surface area contributed by atoms with Gasteiger partial charge >= 0.3 is 0 Å². The summed E-state index contributed by atoms with van der Waals surface area (Å²) in [6.07, 6.45) is 12.9. The number of piperidine rings is 1. The van der Waals surface area contributed by atoms with Crippen LogP contribution >= 0.6 is 0 Å². The first-order valence-electron chi connectivity index (χ1n) is 9.05. The van der Waals surface area contributed by atoms with Crippen LogP contribution < -0.4 is 5.73 Å². The maximum atomic E-state index is 6.31. The predicted octanol–water partition coefficient (Wildman–Crippen LogP) is 3.80. The van der Waals surface area contributed by atoms with Gasteiger partial charge in [-0.25, -0.2) is 0 Å². The van der Waals surface area contributed by atoms with E-state index in [0.29, 0.717) is 5.54 Å². The van der Waals surface area contributed by atoms with E-state index >= 15 is 0 Å². The molecular weight excluding hydrogens is 244 g/mol. The van der Waals surface area contributed by atoms with Crippen LogP contribution in [0.3, 0.4) is 0 Å². The van der Waals surface area contributed by atoms with Crippen molar-refractivity contribution in [3.8, 4) is 0 Å². The fourth-order valence-electron chi connectivity index (χ4n) is 5.64. The van der Waals surface area contributed by atoms with Crippen molar-refractivity contribution >= 4 is 0 Å². The summed E-state index contributed by atoms with van der Waals surface area (Å²) >= 11 is 0. The predicted molar refractivity (Wildman–Crippen MR) is 85.7 cm³/mol. The van der Waals surface area contributed by atoms with E-state index in [1.165, 1.54) is 70.9 Å². The molecule has 1 aliphatic heterocycles. The molecule has 2 N–H and O–H groups in total. The van der Waals surface area contributed by atoms with Crippen molar-refractivity contribution in [1.82, 2.24) is 4.90 Å². The van der Waals surface area contributed by atoms with E-state index in [1.807, 2.05) is 0 Å². The summed E-state index contributed by atoms with van der Waals surface area (Å²) in [5.41, 5.74) is 7.37. The molecule has 116 valence electrons. The first-order chi connectivity index (χ1) is 9.60. The summed E-state index contributed by atoms with van der Waals surface area (Å²) in [6.45, 7) is 8.38. The van der Waals surface area contributed by atoms with Gasteiger partial charge in [0.15, 0.2) is 0 Å². The van der Waals surface area contributed by atoms with Crippen LogP contribution in [0, 0.1) is 17.3 Å². The van der Waals surface area contributed by atoms with Gasteiger partial charge in [-0.3, -0.25) is 4.90 Å². The maximum absolute atomic E-state index is 6.31. The molecule has 3 aliphatic rings. The molecular formula is C18H34N2. The zero-order chi connectivity index (χ0) is 14.2.